The molecule has 2 fully saturated rings. The van der Waals surface area contributed by atoms with Gasteiger partial charge in [-0.3, -0.25) is 19.4 Å². The Hall–Kier alpha value is -3.03. The van der Waals surface area contributed by atoms with Gasteiger partial charge in [0.25, 0.3) is 5.91 Å². The van der Waals surface area contributed by atoms with Crippen LogP contribution in [0, 0.1) is 5.92 Å². The van der Waals surface area contributed by atoms with Crippen molar-refractivity contribution in [3.05, 3.63) is 89.2 Å². The Balaban J connectivity index is 1.58. The molecule has 0 aliphatic carbocycles. The molecule has 0 bridgehead atoms. The fraction of sp³-hybridized carbons (Fsp3) is 0.136. The van der Waals surface area contributed by atoms with Crippen molar-refractivity contribution in [3.8, 4) is 0 Å². The highest BCUT2D eigenvalue weighted by atomic mass is 79.9. The number of amides is 2. The molecule has 7 heteroatoms. The quantitative estimate of drug-likeness (QED) is 0.567. The van der Waals surface area contributed by atoms with Crippen LogP contribution >= 0.6 is 15.9 Å². The van der Waals surface area contributed by atoms with E-state index in [9.17, 15) is 9.59 Å². The Morgan fingerprint density at radius 2 is 1.52 bits per heavy atom. The van der Waals surface area contributed by atoms with Crippen molar-refractivity contribution in [3.63, 3.8) is 0 Å². The molecular formula is C22H16BrN3O3. The average molecular weight is 450 g/mol. The normalized spacial score (nSPS) is 23.6. The van der Waals surface area contributed by atoms with E-state index in [1.54, 1.807) is 41.7 Å². The minimum Gasteiger partial charge on any atom is -0.273 e. The smallest absolute Gasteiger partial charge is 0.266 e. The van der Waals surface area contributed by atoms with Crippen LogP contribution in [0.2, 0.25) is 0 Å². The Morgan fingerprint density at radius 1 is 0.828 bits per heavy atom. The van der Waals surface area contributed by atoms with Crippen LogP contribution in [-0.2, 0) is 14.4 Å². The monoisotopic (exact) mass is 449 g/mol. The number of hydrogen-bond acceptors (Lipinski definition) is 5. The largest absolute Gasteiger partial charge is 0.273 e. The van der Waals surface area contributed by atoms with Gasteiger partial charge in [-0.15, -0.1) is 0 Å². The summed E-state index contributed by atoms with van der Waals surface area (Å²) in [5, 5.41) is 1.68. The van der Waals surface area contributed by atoms with Gasteiger partial charge < -0.3 is 0 Å². The van der Waals surface area contributed by atoms with Crippen LogP contribution in [0.1, 0.15) is 11.6 Å². The Morgan fingerprint density at radius 3 is 2.21 bits per heavy atom. The summed E-state index contributed by atoms with van der Waals surface area (Å²) in [6.45, 7) is 0. The molecule has 3 heterocycles. The molecule has 2 aromatic carbocycles. The van der Waals surface area contributed by atoms with Crippen molar-refractivity contribution in [2.24, 2.45) is 5.92 Å². The minimum absolute atomic E-state index is 0.257. The zero-order valence-electron chi connectivity index (χ0n) is 15.2. The first-order valence-corrected chi connectivity index (χ1v) is 9.99. The highest BCUT2D eigenvalue weighted by Gasteiger charge is 2.60. The van der Waals surface area contributed by atoms with Crippen molar-refractivity contribution in [2.75, 3.05) is 9.96 Å². The average Bonchev–Trinajstić information content (AvgIpc) is 3.26. The minimum atomic E-state index is -0.871. The summed E-state index contributed by atoms with van der Waals surface area (Å²) in [7, 11) is 0. The number of halogens is 1. The van der Waals surface area contributed by atoms with E-state index >= 15 is 0 Å². The molecular weight excluding hydrogens is 434 g/mol. The lowest BCUT2D eigenvalue weighted by molar-refractivity contribution is -0.126. The van der Waals surface area contributed by atoms with E-state index in [0.717, 1.165) is 15.7 Å². The highest BCUT2D eigenvalue weighted by molar-refractivity contribution is 9.10. The Labute approximate surface area is 175 Å². The summed E-state index contributed by atoms with van der Waals surface area (Å²) in [6, 6.07) is 19.8. The molecule has 0 saturated carbocycles. The number of hydrogen-bond donors (Lipinski definition) is 0. The number of carbonyl (C=O) groups excluding carboxylic acids is 2. The molecule has 3 unspecified atom stereocenters. The molecule has 2 saturated heterocycles. The molecule has 6 nitrogen and oxygen atoms in total. The van der Waals surface area contributed by atoms with Crippen LogP contribution in [0.15, 0.2) is 83.6 Å². The van der Waals surface area contributed by atoms with E-state index in [0.29, 0.717) is 5.69 Å². The highest BCUT2D eigenvalue weighted by Crippen LogP contribution is 2.47. The van der Waals surface area contributed by atoms with Crippen LogP contribution in [0.4, 0.5) is 11.4 Å². The third kappa shape index (κ3) is 2.94. The van der Waals surface area contributed by atoms with Crippen molar-refractivity contribution in [2.45, 2.75) is 12.1 Å². The molecule has 2 amide bonds. The molecule has 144 valence electrons. The summed E-state index contributed by atoms with van der Waals surface area (Å²) < 4.78 is 0.934. The van der Waals surface area contributed by atoms with Crippen molar-refractivity contribution < 1.29 is 14.4 Å². The second-order valence-electron chi connectivity index (χ2n) is 6.93. The SMILES string of the molecule is O=C1C2ON(c3ccc(Br)cc3)C(c3ccncc3)C2C(=O)N1c1ccccc1. The third-order valence-corrected chi connectivity index (χ3v) is 5.79. The lowest BCUT2D eigenvalue weighted by Gasteiger charge is -2.28. The van der Waals surface area contributed by atoms with Crippen molar-refractivity contribution >= 4 is 39.1 Å². The first-order valence-electron chi connectivity index (χ1n) is 9.19. The maximum Gasteiger partial charge on any atom is 0.266 e. The molecule has 3 atom stereocenters. The van der Waals surface area contributed by atoms with Gasteiger partial charge in [-0.05, 0) is 54.1 Å². The van der Waals surface area contributed by atoms with Crippen LogP contribution in [-0.4, -0.2) is 22.9 Å². The van der Waals surface area contributed by atoms with E-state index in [2.05, 4.69) is 20.9 Å². The van der Waals surface area contributed by atoms with Crippen molar-refractivity contribution in [1.29, 1.82) is 0 Å². The number of imide groups is 1. The summed E-state index contributed by atoms with van der Waals surface area (Å²) in [6.07, 6.45) is 2.49. The predicted octanol–water partition coefficient (Wildman–Crippen LogP) is 3.90. The molecule has 2 aliphatic heterocycles. The first-order chi connectivity index (χ1) is 14.1. The predicted molar refractivity (Wildman–Crippen MR) is 111 cm³/mol. The zero-order valence-corrected chi connectivity index (χ0v) is 16.8. The van der Waals surface area contributed by atoms with Gasteiger partial charge in [-0.25, -0.2) is 9.96 Å². The van der Waals surface area contributed by atoms with Crippen molar-refractivity contribution in [1.82, 2.24) is 4.98 Å². The Kier molecular flexibility index (Phi) is 4.41. The number of hydroxylamine groups is 1. The first kappa shape index (κ1) is 18.0. The number of carbonyl (C=O) groups is 2. The number of para-hydroxylation sites is 1. The number of benzene rings is 2. The molecule has 0 radical (unpaired) electrons. The van der Waals surface area contributed by atoms with E-state index < -0.39 is 18.1 Å². The van der Waals surface area contributed by atoms with E-state index in [4.69, 9.17) is 4.84 Å². The third-order valence-electron chi connectivity index (χ3n) is 5.26. The summed E-state index contributed by atoms with van der Waals surface area (Å²) in [4.78, 5) is 37.9. The van der Waals surface area contributed by atoms with Gasteiger partial charge in [-0.1, -0.05) is 34.1 Å². The fourth-order valence-corrected chi connectivity index (χ4v) is 4.22. The number of anilines is 2. The number of nitrogens with zero attached hydrogens (tertiary/aromatic N) is 3. The molecule has 3 aromatic rings. The van der Waals surface area contributed by atoms with E-state index in [1.807, 2.05) is 42.5 Å². The second-order valence-corrected chi connectivity index (χ2v) is 7.84. The van der Waals surface area contributed by atoms with Gasteiger partial charge in [0.1, 0.15) is 5.92 Å². The second kappa shape index (κ2) is 7.09. The van der Waals surface area contributed by atoms with Gasteiger partial charge in [-0.2, -0.15) is 0 Å². The van der Waals surface area contributed by atoms with Crippen LogP contribution in [0.25, 0.3) is 0 Å². The molecule has 2 aliphatic rings. The molecule has 1 aromatic heterocycles. The summed E-state index contributed by atoms with van der Waals surface area (Å²) in [5.74, 6) is -1.24. The van der Waals surface area contributed by atoms with E-state index in [-0.39, 0.29) is 11.8 Å². The Bertz CT molecular complexity index is 1060. The maximum atomic E-state index is 13.4. The van der Waals surface area contributed by atoms with E-state index in [1.165, 1.54) is 4.90 Å². The van der Waals surface area contributed by atoms with Crippen LogP contribution in [0.5, 0.6) is 0 Å². The van der Waals surface area contributed by atoms with Gasteiger partial charge in [0.2, 0.25) is 5.91 Å². The number of rotatable bonds is 3. The maximum absolute atomic E-state index is 13.4. The van der Waals surface area contributed by atoms with Gasteiger partial charge in [0.05, 0.1) is 17.4 Å². The fourth-order valence-electron chi connectivity index (χ4n) is 3.96. The lowest BCUT2D eigenvalue weighted by Crippen LogP contribution is -2.37. The molecule has 29 heavy (non-hydrogen) atoms. The molecule has 5 rings (SSSR count). The number of aromatic nitrogens is 1. The van der Waals surface area contributed by atoms with Crippen LogP contribution < -0.4 is 9.96 Å². The molecule has 0 spiro atoms. The molecule has 0 N–H and O–H groups in total. The van der Waals surface area contributed by atoms with Gasteiger partial charge >= 0.3 is 0 Å². The zero-order chi connectivity index (χ0) is 20.0. The summed E-state index contributed by atoms with van der Waals surface area (Å²) in [5.41, 5.74) is 2.20. The standard InChI is InChI=1S/C22H16BrN3O3/c23-15-6-8-17(9-7-15)26-19(14-10-12-24-13-11-14)18-20(29-26)22(28)25(21(18)27)16-4-2-1-3-5-16/h1-13,18-20H. The van der Waals surface area contributed by atoms with Gasteiger partial charge in [0, 0.05) is 16.9 Å². The topological polar surface area (TPSA) is 62.7 Å². The van der Waals surface area contributed by atoms with Gasteiger partial charge in [0.15, 0.2) is 6.10 Å². The number of pyridine rings is 1. The lowest BCUT2D eigenvalue weighted by atomic mass is 9.91. The summed E-state index contributed by atoms with van der Waals surface area (Å²) >= 11 is 3.43. The van der Waals surface area contributed by atoms with Crippen LogP contribution in [0.3, 0.4) is 0 Å². The number of fused-ring (bicyclic) bond motifs is 1.